The Morgan fingerprint density at radius 1 is 0.500 bits per heavy atom. The first-order valence-electron chi connectivity index (χ1n) is 22.0. The number of hydrogen-bond donors (Lipinski definition) is 5. The highest BCUT2D eigenvalue weighted by molar-refractivity contribution is 7.47. The summed E-state index contributed by atoms with van der Waals surface area (Å²) in [4.78, 5) is 52.7. The molecule has 5 N–H and O–H groups in total. The van der Waals surface area contributed by atoms with Crippen molar-refractivity contribution < 1.29 is 66.7 Å². The summed E-state index contributed by atoms with van der Waals surface area (Å²) in [5.74, 6) is -1.19. The highest BCUT2D eigenvalue weighted by Crippen LogP contribution is 2.43. The molecule has 0 fully saturated rings. The van der Waals surface area contributed by atoms with Crippen LogP contribution in [0, 0.1) is 0 Å². The summed E-state index contributed by atoms with van der Waals surface area (Å²) < 4.78 is 47.6. The lowest BCUT2D eigenvalue weighted by atomic mass is 10.2. The minimum absolute atomic E-state index is 0.0329. The van der Waals surface area contributed by atoms with Crippen LogP contribution >= 0.6 is 15.6 Å². The predicted octanol–water partition coefficient (Wildman–Crippen LogP) is 10.3. The second kappa shape index (κ2) is 42.0. The third-order valence-corrected chi connectivity index (χ3v) is 9.93. The van der Waals surface area contributed by atoms with E-state index in [1.165, 1.54) is 19.3 Å². The largest absolute Gasteiger partial charge is 0.472 e. The molecule has 62 heavy (non-hydrogen) atoms. The molecule has 16 heteroatoms. The summed E-state index contributed by atoms with van der Waals surface area (Å²) in [7, 11) is -9.73. The molecule has 0 saturated heterocycles. The molecule has 0 spiro atoms. The van der Waals surface area contributed by atoms with E-state index < -0.39 is 66.2 Å². The van der Waals surface area contributed by atoms with Crippen molar-refractivity contribution in [2.45, 2.75) is 148 Å². The van der Waals surface area contributed by atoms with E-state index in [1.807, 2.05) is 24.3 Å². The van der Waals surface area contributed by atoms with Crippen molar-refractivity contribution in [3.8, 4) is 0 Å². The molecule has 0 aliphatic heterocycles. The zero-order valence-corrected chi connectivity index (χ0v) is 38.7. The predicted molar refractivity (Wildman–Crippen MR) is 245 cm³/mol. The van der Waals surface area contributed by atoms with E-state index in [4.69, 9.17) is 28.9 Å². The highest BCUT2D eigenvalue weighted by atomic mass is 31.2. The van der Waals surface area contributed by atoms with Gasteiger partial charge in [0.15, 0.2) is 6.10 Å². The van der Waals surface area contributed by atoms with Gasteiger partial charge in [-0.25, -0.2) is 9.13 Å². The number of aliphatic hydroxyl groups excluding tert-OH is 2. The Labute approximate surface area is 371 Å². The molecular formula is C46H76O14P2. The number of carbonyl (C=O) groups excluding carboxylic acids is 2. The summed E-state index contributed by atoms with van der Waals surface area (Å²) >= 11 is 0. The van der Waals surface area contributed by atoms with Crippen LogP contribution in [-0.4, -0.2) is 82.1 Å². The first-order valence-corrected chi connectivity index (χ1v) is 25.1. The Kier molecular flexibility index (Phi) is 39.9. The molecule has 0 aromatic rings. The Morgan fingerprint density at radius 3 is 1.35 bits per heavy atom. The Balaban J connectivity index is 4.71. The molecule has 0 radical (unpaired) electrons. The van der Waals surface area contributed by atoms with Gasteiger partial charge in [-0.15, -0.1) is 0 Å². The molecule has 0 rings (SSSR count). The fourth-order valence-electron chi connectivity index (χ4n) is 5.13. The van der Waals surface area contributed by atoms with Crippen LogP contribution in [0.5, 0.6) is 0 Å². The number of phosphoric ester groups is 2. The van der Waals surface area contributed by atoms with Crippen LogP contribution in [0.25, 0.3) is 0 Å². The maximum atomic E-state index is 12.6. The van der Waals surface area contributed by atoms with Gasteiger partial charge in [-0.3, -0.25) is 23.2 Å². The number of unbranched alkanes of at least 4 members (excludes halogenated alkanes) is 8. The summed E-state index contributed by atoms with van der Waals surface area (Å²) in [6, 6.07) is 0. The van der Waals surface area contributed by atoms with Gasteiger partial charge in [-0.05, 0) is 96.3 Å². The molecule has 0 aromatic heterocycles. The van der Waals surface area contributed by atoms with Crippen molar-refractivity contribution in [3.63, 3.8) is 0 Å². The zero-order chi connectivity index (χ0) is 45.8. The van der Waals surface area contributed by atoms with E-state index in [2.05, 4.69) is 88.9 Å². The SMILES string of the molecule is CCCCC/C=C\C/C=C\C/C=C\C/C=C\CCCC(=O)O[C@H](COC(=O)CCC/C=C\C/C=C\C/C=C\C/C=C\CCCCCO)COP(=O)(O)OC[C@@H](O)COP(=O)(O)O. The Hall–Kier alpha value is -3.00. The summed E-state index contributed by atoms with van der Waals surface area (Å²) in [5.41, 5.74) is 0. The van der Waals surface area contributed by atoms with Gasteiger partial charge in [0.2, 0.25) is 0 Å². The van der Waals surface area contributed by atoms with Crippen LogP contribution in [0.1, 0.15) is 135 Å². The lowest BCUT2D eigenvalue weighted by Crippen LogP contribution is -2.29. The third kappa shape index (κ3) is 45.0. The number of hydrogen-bond acceptors (Lipinski definition) is 11. The molecule has 0 bridgehead atoms. The highest BCUT2D eigenvalue weighted by Gasteiger charge is 2.28. The number of phosphoric acid groups is 2. The van der Waals surface area contributed by atoms with Gasteiger partial charge in [0.1, 0.15) is 12.7 Å². The average molecular weight is 915 g/mol. The lowest BCUT2D eigenvalue weighted by Gasteiger charge is -2.20. The fourth-order valence-corrected chi connectivity index (χ4v) is 6.29. The van der Waals surface area contributed by atoms with Crippen molar-refractivity contribution in [3.05, 3.63) is 97.2 Å². The molecule has 14 nitrogen and oxygen atoms in total. The van der Waals surface area contributed by atoms with E-state index in [0.717, 1.165) is 70.6 Å². The van der Waals surface area contributed by atoms with Gasteiger partial charge in [0, 0.05) is 19.4 Å². The van der Waals surface area contributed by atoms with Crippen LogP contribution in [0.15, 0.2) is 97.2 Å². The summed E-state index contributed by atoms with van der Waals surface area (Å²) in [5, 5.41) is 18.5. The van der Waals surface area contributed by atoms with Crippen LogP contribution in [0.3, 0.4) is 0 Å². The molecule has 0 aromatic carbocycles. The van der Waals surface area contributed by atoms with Gasteiger partial charge in [-0.2, -0.15) is 0 Å². The van der Waals surface area contributed by atoms with E-state index in [0.29, 0.717) is 25.7 Å². The van der Waals surface area contributed by atoms with Crippen molar-refractivity contribution in [1.82, 2.24) is 0 Å². The Morgan fingerprint density at radius 2 is 0.903 bits per heavy atom. The molecule has 3 atom stereocenters. The fraction of sp³-hybridized carbons (Fsp3) is 0.609. The second-order valence-corrected chi connectivity index (χ2v) is 17.0. The number of rotatable bonds is 41. The molecule has 1 unspecified atom stereocenters. The van der Waals surface area contributed by atoms with Gasteiger partial charge in [0.05, 0.1) is 19.8 Å². The van der Waals surface area contributed by atoms with E-state index in [1.54, 1.807) is 0 Å². The molecule has 0 aliphatic carbocycles. The topological polar surface area (TPSA) is 216 Å². The number of ether oxygens (including phenoxy) is 2. The molecule has 0 aliphatic rings. The quantitative estimate of drug-likeness (QED) is 0.0167. The molecule has 0 amide bonds. The number of aliphatic hydroxyl groups is 2. The first kappa shape index (κ1) is 59.0. The van der Waals surface area contributed by atoms with Crippen LogP contribution in [0.2, 0.25) is 0 Å². The van der Waals surface area contributed by atoms with E-state index >= 15 is 0 Å². The van der Waals surface area contributed by atoms with Gasteiger partial charge >= 0.3 is 27.6 Å². The van der Waals surface area contributed by atoms with E-state index in [9.17, 15) is 28.7 Å². The minimum Gasteiger partial charge on any atom is -0.462 e. The smallest absolute Gasteiger partial charge is 0.462 e. The van der Waals surface area contributed by atoms with Crippen molar-refractivity contribution in [2.75, 3.05) is 33.0 Å². The maximum absolute atomic E-state index is 12.6. The number of carbonyl (C=O) groups is 2. The van der Waals surface area contributed by atoms with Gasteiger partial charge in [-0.1, -0.05) is 123 Å². The first-order chi connectivity index (χ1) is 29.9. The molecule has 0 heterocycles. The van der Waals surface area contributed by atoms with E-state index in [-0.39, 0.29) is 19.4 Å². The normalized spacial score (nSPS) is 14.9. The number of esters is 2. The van der Waals surface area contributed by atoms with Crippen molar-refractivity contribution >= 4 is 27.6 Å². The van der Waals surface area contributed by atoms with Crippen LogP contribution < -0.4 is 0 Å². The van der Waals surface area contributed by atoms with Crippen LogP contribution in [-0.2, 0) is 41.8 Å². The summed E-state index contributed by atoms with van der Waals surface area (Å²) in [6.07, 6.45) is 47.1. The molecule has 354 valence electrons. The third-order valence-electron chi connectivity index (χ3n) is 8.49. The zero-order valence-electron chi connectivity index (χ0n) is 36.9. The standard InChI is InChI=1S/C46H76O14P2/c1-2-3-4-5-6-7-8-9-10-12-16-19-22-25-28-31-34-37-46(50)60-44(42-59-62(54,55)58-40-43(48)39-57-61(51,52)53)41-56-45(49)36-33-30-27-24-21-18-15-13-11-14-17-20-23-26-29-32-35-38-47/h6-7,9-11,14-16,18-20,23-25,27-28,43-44,47-48H,2-5,8,12-13,17,21-22,26,29-42H2,1H3,(H,54,55)(H2,51,52,53)/b7-6-,10-9-,14-11-,18-15-,19-16-,23-20-,27-24-,28-25-/t43-,44+/m0/s1. The lowest BCUT2D eigenvalue weighted by molar-refractivity contribution is -0.161. The number of allylic oxidation sites excluding steroid dienone is 16. The molecule has 0 saturated carbocycles. The minimum atomic E-state index is -4.88. The van der Waals surface area contributed by atoms with Crippen molar-refractivity contribution in [2.24, 2.45) is 0 Å². The second-order valence-electron chi connectivity index (χ2n) is 14.3. The monoisotopic (exact) mass is 914 g/mol. The Bertz CT molecular complexity index is 1460. The van der Waals surface area contributed by atoms with Gasteiger partial charge < -0.3 is 34.4 Å². The van der Waals surface area contributed by atoms with Gasteiger partial charge in [0.25, 0.3) is 0 Å². The van der Waals surface area contributed by atoms with Crippen LogP contribution in [0.4, 0.5) is 0 Å². The van der Waals surface area contributed by atoms with Crippen molar-refractivity contribution in [1.29, 1.82) is 0 Å². The average Bonchev–Trinajstić information content (AvgIpc) is 3.23. The molecular weight excluding hydrogens is 838 g/mol. The summed E-state index contributed by atoms with van der Waals surface area (Å²) in [6.45, 7) is -0.410. The maximum Gasteiger partial charge on any atom is 0.472 e.